The smallest absolute Gasteiger partial charge is 0.158 e. The van der Waals surface area contributed by atoms with Gasteiger partial charge in [0.25, 0.3) is 0 Å². The minimum atomic E-state index is -0.0149. The summed E-state index contributed by atoms with van der Waals surface area (Å²) >= 11 is 0. The van der Waals surface area contributed by atoms with Crippen molar-refractivity contribution in [3.8, 4) is 5.69 Å². The lowest BCUT2D eigenvalue weighted by atomic mass is 10.1. The number of hydrogen-bond acceptors (Lipinski definition) is 2. The van der Waals surface area contributed by atoms with Crippen molar-refractivity contribution in [2.24, 2.45) is 0 Å². The van der Waals surface area contributed by atoms with E-state index in [4.69, 9.17) is 4.74 Å². The van der Waals surface area contributed by atoms with Crippen LogP contribution in [-0.4, -0.2) is 17.7 Å². The van der Waals surface area contributed by atoms with Crippen LogP contribution in [0.4, 0.5) is 5.69 Å². The van der Waals surface area contributed by atoms with E-state index < -0.39 is 0 Å². The van der Waals surface area contributed by atoms with Gasteiger partial charge in [0.05, 0.1) is 6.61 Å². The van der Waals surface area contributed by atoms with Crippen LogP contribution in [0.25, 0.3) is 5.69 Å². The quantitative estimate of drug-likeness (QED) is 0.677. The number of anilines is 1. The zero-order valence-corrected chi connectivity index (χ0v) is 14.9. The fourth-order valence-corrected chi connectivity index (χ4v) is 3.37. The third-order valence-electron chi connectivity index (χ3n) is 4.90. The van der Waals surface area contributed by atoms with Gasteiger partial charge in [-0.15, -0.1) is 0 Å². The Balaban J connectivity index is 1.58. The summed E-state index contributed by atoms with van der Waals surface area (Å²) in [6, 6.07) is 19.6. The summed E-state index contributed by atoms with van der Waals surface area (Å²) in [6.07, 6.45) is 5.35. The molecule has 3 aromatic rings. The summed E-state index contributed by atoms with van der Waals surface area (Å²) < 4.78 is 8.20. The first-order valence-electron chi connectivity index (χ1n) is 8.97. The average Bonchev–Trinajstić information content (AvgIpc) is 3.31. The molecule has 128 valence electrons. The number of aromatic nitrogens is 1. The predicted molar refractivity (Wildman–Crippen MR) is 102 cm³/mol. The van der Waals surface area contributed by atoms with E-state index in [1.807, 2.05) is 0 Å². The van der Waals surface area contributed by atoms with Gasteiger partial charge in [0.15, 0.2) is 6.23 Å². The molecular weight excluding hydrogens is 308 g/mol. The molecule has 1 aromatic heterocycles. The van der Waals surface area contributed by atoms with Gasteiger partial charge in [-0.3, -0.25) is 0 Å². The van der Waals surface area contributed by atoms with E-state index in [0.29, 0.717) is 0 Å². The van der Waals surface area contributed by atoms with Crippen LogP contribution in [0.2, 0.25) is 0 Å². The highest BCUT2D eigenvalue weighted by Crippen LogP contribution is 2.32. The lowest BCUT2D eigenvalue weighted by Gasteiger charge is -2.24. The van der Waals surface area contributed by atoms with Crippen LogP contribution >= 0.6 is 0 Å². The number of rotatable bonds is 4. The van der Waals surface area contributed by atoms with Crippen LogP contribution in [0.15, 0.2) is 67.0 Å². The second-order valence-electron chi connectivity index (χ2n) is 6.62. The van der Waals surface area contributed by atoms with Crippen molar-refractivity contribution < 1.29 is 4.74 Å². The van der Waals surface area contributed by atoms with Crippen LogP contribution in [0.1, 0.15) is 29.8 Å². The lowest BCUT2D eigenvalue weighted by molar-refractivity contribution is 0.114. The molecule has 0 aliphatic carbocycles. The van der Waals surface area contributed by atoms with Crippen molar-refractivity contribution in [1.29, 1.82) is 0 Å². The first-order valence-corrected chi connectivity index (χ1v) is 8.97. The molecular formula is C22H24N2O. The SMILES string of the molecule is CCc1ccc(-n2ccc([C@H]3OCCN3c3ccc(C)cc3)c2)cc1. The van der Waals surface area contributed by atoms with Crippen LogP contribution < -0.4 is 4.90 Å². The van der Waals surface area contributed by atoms with Crippen molar-refractivity contribution in [2.45, 2.75) is 26.5 Å². The van der Waals surface area contributed by atoms with E-state index in [2.05, 4.69) is 90.3 Å². The zero-order chi connectivity index (χ0) is 17.2. The van der Waals surface area contributed by atoms with Gasteiger partial charge in [0.2, 0.25) is 0 Å². The molecule has 2 aromatic carbocycles. The Morgan fingerprint density at radius 1 is 0.960 bits per heavy atom. The molecule has 0 bridgehead atoms. The van der Waals surface area contributed by atoms with Gasteiger partial charge >= 0.3 is 0 Å². The van der Waals surface area contributed by atoms with Crippen molar-refractivity contribution in [2.75, 3.05) is 18.1 Å². The van der Waals surface area contributed by atoms with Crippen LogP contribution in [-0.2, 0) is 11.2 Å². The van der Waals surface area contributed by atoms with Gasteiger partial charge < -0.3 is 14.2 Å². The molecule has 1 aliphatic heterocycles. The Morgan fingerprint density at radius 3 is 2.40 bits per heavy atom. The molecule has 2 heterocycles. The van der Waals surface area contributed by atoms with E-state index >= 15 is 0 Å². The maximum Gasteiger partial charge on any atom is 0.158 e. The highest BCUT2D eigenvalue weighted by Gasteiger charge is 2.27. The summed E-state index contributed by atoms with van der Waals surface area (Å²) in [6.45, 7) is 5.98. The molecule has 1 atom stereocenters. The Hall–Kier alpha value is -2.52. The Kier molecular flexibility index (Phi) is 4.33. The van der Waals surface area contributed by atoms with Crippen molar-refractivity contribution in [3.05, 3.63) is 83.7 Å². The molecule has 0 unspecified atom stereocenters. The van der Waals surface area contributed by atoms with Gasteiger partial charge in [0.1, 0.15) is 0 Å². The molecule has 0 amide bonds. The Labute approximate surface area is 149 Å². The second-order valence-corrected chi connectivity index (χ2v) is 6.62. The predicted octanol–water partition coefficient (Wildman–Crippen LogP) is 4.88. The van der Waals surface area contributed by atoms with Gasteiger partial charge in [-0.2, -0.15) is 0 Å². The van der Waals surface area contributed by atoms with Crippen LogP contribution in [0, 0.1) is 6.92 Å². The first-order chi connectivity index (χ1) is 12.2. The summed E-state index contributed by atoms with van der Waals surface area (Å²) in [7, 11) is 0. The minimum Gasteiger partial charge on any atom is -0.352 e. The highest BCUT2D eigenvalue weighted by atomic mass is 16.5. The maximum absolute atomic E-state index is 6.03. The first kappa shape index (κ1) is 16.0. The zero-order valence-electron chi connectivity index (χ0n) is 14.9. The molecule has 1 aliphatic rings. The maximum atomic E-state index is 6.03. The third-order valence-corrected chi connectivity index (χ3v) is 4.90. The van der Waals surface area contributed by atoms with E-state index in [1.54, 1.807) is 0 Å². The van der Waals surface area contributed by atoms with Crippen molar-refractivity contribution >= 4 is 5.69 Å². The average molecular weight is 332 g/mol. The number of hydrogen-bond donors (Lipinski definition) is 0. The van der Waals surface area contributed by atoms with Gasteiger partial charge in [-0.05, 0) is 49.2 Å². The van der Waals surface area contributed by atoms with Crippen LogP contribution in [0.5, 0.6) is 0 Å². The standard InChI is InChI=1S/C22H24N2O/c1-3-18-6-10-20(11-7-18)23-13-12-19(16-23)22-24(14-15-25-22)21-8-4-17(2)5-9-21/h4-13,16,22H,3,14-15H2,1-2H3/t22-/m1/s1. The van der Waals surface area contributed by atoms with Gasteiger partial charge in [0, 0.05) is 35.9 Å². The van der Waals surface area contributed by atoms with Crippen molar-refractivity contribution in [3.63, 3.8) is 0 Å². The van der Waals surface area contributed by atoms with E-state index in [-0.39, 0.29) is 6.23 Å². The normalized spacial score (nSPS) is 17.2. The molecule has 0 spiro atoms. The molecule has 1 fully saturated rings. The Bertz CT molecular complexity index is 833. The van der Waals surface area contributed by atoms with Crippen molar-refractivity contribution in [1.82, 2.24) is 4.57 Å². The largest absolute Gasteiger partial charge is 0.352 e. The Morgan fingerprint density at radius 2 is 1.68 bits per heavy atom. The number of benzene rings is 2. The van der Waals surface area contributed by atoms with Gasteiger partial charge in [-0.1, -0.05) is 36.8 Å². The number of ether oxygens (including phenoxy) is 1. The molecule has 4 rings (SSSR count). The van der Waals surface area contributed by atoms with Crippen LogP contribution in [0.3, 0.4) is 0 Å². The number of nitrogens with zero attached hydrogens (tertiary/aromatic N) is 2. The third kappa shape index (κ3) is 3.20. The molecule has 3 heteroatoms. The molecule has 0 saturated carbocycles. The van der Waals surface area contributed by atoms with E-state index in [0.717, 1.165) is 19.6 Å². The molecule has 1 saturated heterocycles. The summed E-state index contributed by atoms with van der Waals surface area (Å²) in [5.41, 5.74) is 6.23. The second kappa shape index (κ2) is 6.77. The summed E-state index contributed by atoms with van der Waals surface area (Å²) in [4.78, 5) is 2.33. The highest BCUT2D eigenvalue weighted by molar-refractivity contribution is 5.50. The molecule has 0 N–H and O–H groups in total. The fourth-order valence-electron chi connectivity index (χ4n) is 3.37. The number of aryl methyl sites for hydroxylation is 2. The topological polar surface area (TPSA) is 17.4 Å². The molecule has 25 heavy (non-hydrogen) atoms. The lowest BCUT2D eigenvalue weighted by Crippen LogP contribution is -2.22. The fraction of sp³-hybridized carbons (Fsp3) is 0.273. The summed E-state index contributed by atoms with van der Waals surface area (Å²) in [5, 5.41) is 0. The van der Waals surface area contributed by atoms with Gasteiger partial charge in [-0.25, -0.2) is 0 Å². The molecule has 3 nitrogen and oxygen atoms in total. The minimum absolute atomic E-state index is 0.0149. The van der Waals surface area contributed by atoms with E-state index in [9.17, 15) is 0 Å². The summed E-state index contributed by atoms with van der Waals surface area (Å²) in [5.74, 6) is 0. The molecule has 0 radical (unpaired) electrons. The monoisotopic (exact) mass is 332 g/mol. The van der Waals surface area contributed by atoms with E-state index in [1.165, 1.54) is 28.1 Å².